The van der Waals surface area contributed by atoms with Crippen LogP contribution in [0.3, 0.4) is 0 Å². The molecule has 0 saturated carbocycles. The van der Waals surface area contributed by atoms with Crippen LogP contribution in [0.1, 0.15) is 44.9 Å². The first kappa shape index (κ1) is 24.7. The van der Waals surface area contributed by atoms with Crippen LogP contribution < -0.4 is 28.4 Å². The molecule has 2 aromatic carbocycles. The van der Waals surface area contributed by atoms with E-state index in [1.165, 1.54) is 14.2 Å². The summed E-state index contributed by atoms with van der Waals surface area (Å²) in [5.74, 6) is 1.70. The molecule has 1 N–H and O–H groups in total. The molecule has 0 bridgehead atoms. The van der Waals surface area contributed by atoms with Gasteiger partial charge in [0.05, 0.1) is 27.4 Å². The highest BCUT2D eigenvalue weighted by Gasteiger charge is 2.38. The minimum Gasteiger partial charge on any atom is -0.493 e. The van der Waals surface area contributed by atoms with Crippen LogP contribution in [0.4, 0.5) is 0 Å². The smallest absolute Gasteiger partial charge is 0.338 e. The fraction of sp³-hybridized carbons (Fsp3) is 0.444. The van der Waals surface area contributed by atoms with Crippen molar-refractivity contribution in [1.29, 1.82) is 0 Å². The Kier molecular flexibility index (Phi) is 6.85. The van der Waals surface area contributed by atoms with Crippen molar-refractivity contribution in [2.24, 2.45) is 11.8 Å². The van der Waals surface area contributed by atoms with Crippen LogP contribution in [0.5, 0.6) is 34.5 Å². The molecule has 188 valence electrons. The molecule has 2 aliphatic rings. The van der Waals surface area contributed by atoms with Crippen molar-refractivity contribution in [3.63, 3.8) is 0 Å². The minimum absolute atomic E-state index is 0.0394. The van der Waals surface area contributed by atoms with Gasteiger partial charge in [-0.1, -0.05) is 19.9 Å². The van der Waals surface area contributed by atoms with Crippen molar-refractivity contribution in [2.75, 3.05) is 28.1 Å². The highest BCUT2D eigenvalue weighted by Crippen LogP contribution is 2.58. The number of hydrogen-bond donors (Lipinski definition) is 1. The fourth-order valence-corrected chi connectivity index (χ4v) is 4.68. The van der Waals surface area contributed by atoms with E-state index in [9.17, 15) is 9.90 Å². The van der Waals surface area contributed by atoms with Crippen LogP contribution in [-0.4, -0.2) is 39.2 Å². The normalized spacial score (nSPS) is 20.8. The number of fused-ring (bicyclic) bond motifs is 4. The van der Waals surface area contributed by atoms with Crippen LogP contribution >= 0.6 is 0 Å². The quantitative estimate of drug-likeness (QED) is 0.366. The molecule has 35 heavy (non-hydrogen) atoms. The lowest BCUT2D eigenvalue weighted by atomic mass is 9.76. The van der Waals surface area contributed by atoms with Crippen molar-refractivity contribution < 1.29 is 38.3 Å². The van der Waals surface area contributed by atoms with E-state index in [0.717, 1.165) is 5.56 Å². The van der Waals surface area contributed by atoms with E-state index in [0.29, 0.717) is 51.7 Å². The predicted octanol–water partition coefficient (Wildman–Crippen LogP) is 4.84. The van der Waals surface area contributed by atoms with Gasteiger partial charge in [-0.05, 0) is 55.4 Å². The predicted molar refractivity (Wildman–Crippen MR) is 130 cm³/mol. The Morgan fingerprint density at radius 1 is 1.03 bits per heavy atom. The molecule has 0 amide bonds. The highest BCUT2D eigenvalue weighted by molar-refractivity contribution is 5.94. The Balaban J connectivity index is 2.15. The van der Waals surface area contributed by atoms with Gasteiger partial charge in [0.1, 0.15) is 0 Å². The van der Waals surface area contributed by atoms with E-state index in [1.54, 1.807) is 33.1 Å². The Labute approximate surface area is 205 Å². The first-order valence-corrected chi connectivity index (χ1v) is 11.6. The molecule has 1 aliphatic heterocycles. The Morgan fingerprint density at radius 2 is 1.74 bits per heavy atom. The van der Waals surface area contributed by atoms with Gasteiger partial charge < -0.3 is 33.5 Å². The SMILES string of the molecule is C/C=C(/C)C(=O)Oc1c(OC)c(OC)cc2c1-c1c(cc3c(c1OC)OCO3)[C@H](O)[C@H](C)[C@H](C)C2. The summed E-state index contributed by atoms with van der Waals surface area (Å²) in [5.41, 5.74) is 3.06. The maximum atomic E-state index is 13.0. The van der Waals surface area contributed by atoms with Crippen LogP contribution in [-0.2, 0) is 11.2 Å². The topological polar surface area (TPSA) is 92.7 Å². The zero-order valence-corrected chi connectivity index (χ0v) is 21.2. The average molecular weight is 485 g/mol. The summed E-state index contributed by atoms with van der Waals surface area (Å²) in [6, 6.07) is 3.67. The number of ether oxygens (including phenoxy) is 6. The third-order valence-electron chi connectivity index (χ3n) is 7.02. The second-order valence-electron chi connectivity index (χ2n) is 8.93. The van der Waals surface area contributed by atoms with Crippen molar-refractivity contribution >= 4 is 5.97 Å². The first-order chi connectivity index (χ1) is 16.8. The zero-order chi connectivity index (χ0) is 25.4. The largest absolute Gasteiger partial charge is 0.493 e. The van der Waals surface area contributed by atoms with E-state index in [1.807, 2.05) is 13.0 Å². The number of allylic oxidation sites excluding steroid dienone is 1. The highest BCUT2D eigenvalue weighted by atomic mass is 16.7. The van der Waals surface area contributed by atoms with Crippen LogP contribution in [0.2, 0.25) is 0 Å². The Morgan fingerprint density at radius 3 is 2.37 bits per heavy atom. The number of rotatable bonds is 5. The molecule has 0 radical (unpaired) electrons. The summed E-state index contributed by atoms with van der Waals surface area (Å²) >= 11 is 0. The minimum atomic E-state index is -0.828. The molecule has 8 heteroatoms. The van der Waals surface area contributed by atoms with Gasteiger partial charge >= 0.3 is 5.97 Å². The van der Waals surface area contributed by atoms with Crippen molar-refractivity contribution in [2.45, 2.75) is 40.2 Å². The van der Waals surface area contributed by atoms with Crippen molar-refractivity contribution in [3.05, 3.63) is 34.9 Å². The van der Waals surface area contributed by atoms with Gasteiger partial charge in [0, 0.05) is 16.7 Å². The summed E-state index contributed by atoms with van der Waals surface area (Å²) in [7, 11) is 4.56. The fourth-order valence-electron chi connectivity index (χ4n) is 4.68. The third-order valence-corrected chi connectivity index (χ3v) is 7.02. The first-order valence-electron chi connectivity index (χ1n) is 11.6. The van der Waals surface area contributed by atoms with E-state index in [-0.39, 0.29) is 30.1 Å². The molecule has 2 aromatic rings. The Hall–Kier alpha value is -3.39. The Bertz CT molecular complexity index is 1180. The molecule has 0 aromatic heterocycles. The van der Waals surface area contributed by atoms with Gasteiger partial charge in [-0.2, -0.15) is 0 Å². The van der Waals surface area contributed by atoms with Gasteiger partial charge in [-0.25, -0.2) is 4.79 Å². The number of aliphatic hydroxyl groups excluding tert-OH is 1. The summed E-state index contributed by atoms with van der Waals surface area (Å²) in [4.78, 5) is 13.0. The van der Waals surface area contributed by atoms with E-state index < -0.39 is 12.1 Å². The third kappa shape index (κ3) is 4.05. The molecule has 0 unspecified atom stereocenters. The maximum absolute atomic E-state index is 13.0. The number of methoxy groups -OCH3 is 3. The lowest BCUT2D eigenvalue weighted by Crippen LogP contribution is -2.23. The molecule has 0 saturated heterocycles. The number of hydrogen-bond acceptors (Lipinski definition) is 8. The lowest BCUT2D eigenvalue weighted by Gasteiger charge is -2.33. The molecule has 4 rings (SSSR count). The number of esters is 1. The molecule has 0 fully saturated rings. The van der Waals surface area contributed by atoms with E-state index in [2.05, 4.69) is 6.92 Å². The molecule has 1 aliphatic carbocycles. The second kappa shape index (κ2) is 9.70. The van der Waals surface area contributed by atoms with E-state index in [4.69, 9.17) is 28.4 Å². The maximum Gasteiger partial charge on any atom is 0.338 e. The van der Waals surface area contributed by atoms with Gasteiger partial charge in [0.15, 0.2) is 23.0 Å². The number of carbonyl (C=O) groups excluding carboxylic acids is 1. The van der Waals surface area contributed by atoms with Gasteiger partial charge in [-0.15, -0.1) is 0 Å². The average Bonchev–Trinajstić information content (AvgIpc) is 3.33. The van der Waals surface area contributed by atoms with E-state index >= 15 is 0 Å². The molecule has 0 spiro atoms. The van der Waals surface area contributed by atoms with Crippen molar-refractivity contribution in [1.82, 2.24) is 0 Å². The second-order valence-corrected chi connectivity index (χ2v) is 8.93. The molecule has 8 nitrogen and oxygen atoms in total. The summed E-state index contributed by atoms with van der Waals surface area (Å²) in [6.07, 6.45) is 1.45. The van der Waals surface area contributed by atoms with Crippen LogP contribution in [0, 0.1) is 11.8 Å². The van der Waals surface area contributed by atoms with Crippen LogP contribution in [0.15, 0.2) is 23.8 Å². The molecule has 3 atom stereocenters. The summed E-state index contributed by atoms with van der Waals surface area (Å²) in [5, 5.41) is 11.5. The standard InChI is InChI=1S/C27H32O8/c1-8-13(2)27(29)35-26-20-16(10-18(30-5)23(26)31-6)9-14(3)15(4)22(28)17-11-19-24(34-12-33-19)25(32-7)21(17)20/h8,10-11,14-15,22,28H,9,12H2,1-7H3/b13-8-/t14-,15-,22-/m1/s1. The molecular formula is C27H32O8. The monoisotopic (exact) mass is 484 g/mol. The van der Waals surface area contributed by atoms with Crippen LogP contribution in [0.25, 0.3) is 11.1 Å². The summed E-state index contributed by atoms with van der Waals surface area (Å²) < 4.78 is 34.5. The lowest BCUT2D eigenvalue weighted by molar-refractivity contribution is -0.130. The molecular weight excluding hydrogens is 452 g/mol. The van der Waals surface area contributed by atoms with Gasteiger partial charge in [-0.3, -0.25) is 0 Å². The number of benzene rings is 2. The number of aliphatic hydroxyl groups is 1. The zero-order valence-electron chi connectivity index (χ0n) is 21.2. The van der Waals surface area contributed by atoms with Gasteiger partial charge in [0.2, 0.25) is 18.3 Å². The van der Waals surface area contributed by atoms with Crippen molar-refractivity contribution in [3.8, 4) is 45.6 Å². The summed E-state index contributed by atoms with van der Waals surface area (Å²) in [6.45, 7) is 7.58. The van der Waals surface area contributed by atoms with Gasteiger partial charge in [0.25, 0.3) is 0 Å². The molecule has 1 heterocycles. The number of carbonyl (C=O) groups is 1.